The smallest absolute Gasteiger partial charge is 0.345 e. The summed E-state index contributed by atoms with van der Waals surface area (Å²) < 4.78 is 53.0. The monoisotopic (exact) mass is 501 g/mol. The molecule has 2 aromatic carbocycles. The summed E-state index contributed by atoms with van der Waals surface area (Å²) >= 11 is 0. The maximum absolute atomic E-state index is 14.2. The Morgan fingerprint density at radius 2 is 1.47 bits per heavy atom. The Morgan fingerprint density at radius 1 is 0.889 bits per heavy atom. The normalized spacial score (nSPS) is 13.9. The molecule has 1 fully saturated rings. The van der Waals surface area contributed by atoms with E-state index in [9.17, 15) is 27.2 Å². The van der Waals surface area contributed by atoms with Crippen LogP contribution >= 0.6 is 0 Å². The van der Waals surface area contributed by atoms with Crippen molar-refractivity contribution in [3.8, 4) is 0 Å². The van der Waals surface area contributed by atoms with Crippen molar-refractivity contribution in [3.05, 3.63) is 83.9 Å². The minimum absolute atomic E-state index is 0.154. The van der Waals surface area contributed by atoms with E-state index in [-0.39, 0.29) is 32.1 Å². The number of nitrogens with zero attached hydrogens (tertiary/aromatic N) is 4. The number of benzene rings is 2. The molecule has 0 radical (unpaired) electrons. The predicted octanol–water partition coefficient (Wildman–Crippen LogP) is 5.00. The van der Waals surface area contributed by atoms with E-state index in [1.807, 2.05) is 36.2 Å². The highest BCUT2D eigenvalue weighted by molar-refractivity contribution is 5.95. The van der Waals surface area contributed by atoms with E-state index in [1.165, 1.54) is 4.90 Å². The van der Waals surface area contributed by atoms with Crippen molar-refractivity contribution in [3.63, 3.8) is 0 Å². The van der Waals surface area contributed by atoms with Gasteiger partial charge in [0.05, 0.1) is 11.3 Å². The van der Waals surface area contributed by atoms with Crippen LogP contribution in [0.25, 0.3) is 0 Å². The highest BCUT2D eigenvalue weighted by Crippen LogP contribution is 2.34. The van der Waals surface area contributed by atoms with Gasteiger partial charge in [0, 0.05) is 62.6 Å². The first kappa shape index (κ1) is 25.0. The fourth-order valence-corrected chi connectivity index (χ4v) is 3.88. The predicted molar refractivity (Wildman–Crippen MR) is 127 cm³/mol. The van der Waals surface area contributed by atoms with Crippen molar-refractivity contribution in [2.24, 2.45) is 0 Å². The minimum atomic E-state index is -4.87. The molecule has 1 N–H and O–H groups in total. The lowest BCUT2D eigenvalue weighted by Gasteiger charge is -2.34. The van der Waals surface area contributed by atoms with Crippen LogP contribution in [0.1, 0.15) is 15.9 Å². The fourth-order valence-electron chi connectivity index (χ4n) is 3.88. The third kappa shape index (κ3) is 5.40. The Balaban J connectivity index is 1.34. The summed E-state index contributed by atoms with van der Waals surface area (Å²) in [4.78, 5) is 34.3. The molecular formula is C25H23F4N5O2. The van der Waals surface area contributed by atoms with Gasteiger partial charge in [0.25, 0.3) is 5.91 Å². The molecule has 11 heteroatoms. The Labute approximate surface area is 204 Å². The van der Waals surface area contributed by atoms with E-state index in [0.29, 0.717) is 11.6 Å². The number of halogens is 4. The highest BCUT2D eigenvalue weighted by atomic mass is 19.4. The Bertz CT molecular complexity index is 1230. The average Bonchev–Trinajstić information content (AvgIpc) is 2.89. The third-order valence-corrected chi connectivity index (χ3v) is 5.95. The largest absolute Gasteiger partial charge is 0.419 e. The van der Waals surface area contributed by atoms with Crippen LogP contribution in [0, 0.1) is 5.82 Å². The zero-order chi connectivity index (χ0) is 25.9. The molecule has 4 rings (SSSR count). The van der Waals surface area contributed by atoms with Gasteiger partial charge in [0.1, 0.15) is 0 Å². The number of aromatic nitrogens is 1. The number of piperazine rings is 1. The molecule has 1 aromatic heterocycles. The highest BCUT2D eigenvalue weighted by Gasteiger charge is 2.35. The molecule has 36 heavy (non-hydrogen) atoms. The number of urea groups is 1. The number of carbonyl (C=O) groups is 2. The number of nitrogens with one attached hydrogen (secondary N) is 1. The van der Waals surface area contributed by atoms with Crippen molar-refractivity contribution >= 4 is 29.0 Å². The van der Waals surface area contributed by atoms with Gasteiger partial charge >= 0.3 is 12.2 Å². The average molecular weight is 501 g/mol. The van der Waals surface area contributed by atoms with Gasteiger partial charge < -0.3 is 20.0 Å². The quantitative estimate of drug-likeness (QED) is 0.511. The SMILES string of the molecule is CN(c1ccncc1)c1ccc(C(=O)N2CCN(C(=O)Nc3cccc(C(F)(F)F)c3F)CC2)cc1. The molecular weight excluding hydrogens is 478 g/mol. The number of anilines is 3. The molecule has 0 bridgehead atoms. The van der Waals surface area contributed by atoms with E-state index in [1.54, 1.807) is 29.4 Å². The van der Waals surface area contributed by atoms with Crippen LogP contribution in [0.4, 0.5) is 39.4 Å². The van der Waals surface area contributed by atoms with E-state index in [4.69, 9.17) is 0 Å². The zero-order valence-electron chi connectivity index (χ0n) is 19.3. The molecule has 3 aromatic rings. The zero-order valence-corrected chi connectivity index (χ0v) is 19.3. The summed E-state index contributed by atoms with van der Waals surface area (Å²) in [5.41, 5.74) is 0.328. The summed E-state index contributed by atoms with van der Waals surface area (Å²) in [6.07, 6.45) is -1.48. The molecule has 1 aliphatic heterocycles. The number of pyridine rings is 1. The summed E-state index contributed by atoms with van der Waals surface area (Å²) in [7, 11) is 1.90. The molecule has 0 unspecified atom stereocenters. The van der Waals surface area contributed by atoms with Gasteiger partial charge in [-0.1, -0.05) is 6.07 Å². The molecule has 1 saturated heterocycles. The second-order valence-electron chi connectivity index (χ2n) is 8.19. The lowest BCUT2D eigenvalue weighted by molar-refractivity contribution is -0.139. The van der Waals surface area contributed by atoms with Crippen molar-refractivity contribution in [1.29, 1.82) is 0 Å². The second kappa shape index (κ2) is 10.2. The van der Waals surface area contributed by atoms with Crippen LogP contribution in [-0.2, 0) is 6.18 Å². The Morgan fingerprint density at radius 3 is 2.08 bits per heavy atom. The van der Waals surface area contributed by atoms with Gasteiger partial charge in [-0.05, 0) is 48.5 Å². The van der Waals surface area contributed by atoms with Gasteiger partial charge in [-0.25, -0.2) is 9.18 Å². The Kier molecular flexibility index (Phi) is 7.09. The molecule has 3 amide bonds. The first-order valence-corrected chi connectivity index (χ1v) is 11.1. The number of hydrogen-bond acceptors (Lipinski definition) is 4. The van der Waals surface area contributed by atoms with E-state index < -0.39 is 29.3 Å². The molecule has 0 atom stereocenters. The number of amides is 3. The summed E-state index contributed by atoms with van der Waals surface area (Å²) in [5, 5.41) is 2.20. The number of hydrogen-bond donors (Lipinski definition) is 1. The lowest BCUT2D eigenvalue weighted by Crippen LogP contribution is -2.51. The molecule has 2 heterocycles. The van der Waals surface area contributed by atoms with Crippen molar-refractivity contribution in [2.45, 2.75) is 6.18 Å². The van der Waals surface area contributed by atoms with Crippen LogP contribution < -0.4 is 10.2 Å². The maximum Gasteiger partial charge on any atom is 0.419 e. The summed E-state index contributed by atoms with van der Waals surface area (Å²) in [5.74, 6) is -1.73. The fraction of sp³-hybridized carbons (Fsp3) is 0.240. The molecule has 0 aliphatic carbocycles. The molecule has 7 nitrogen and oxygen atoms in total. The van der Waals surface area contributed by atoms with Crippen LogP contribution in [0.2, 0.25) is 0 Å². The van der Waals surface area contributed by atoms with Gasteiger partial charge in [-0.15, -0.1) is 0 Å². The number of alkyl halides is 3. The summed E-state index contributed by atoms with van der Waals surface area (Å²) in [6.45, 7) is 0.772. The van der Waals surface area contributed by atoms with Crippen LogP contribution in [0.3, 0.4) is 0 Å². The summed E-state index contributed by atoms with van der Waals surface area (Å²) in [6, 6.07) is 12.8. The standard InChI is InChI=1S/C25H23F4N5O2/c1-32(19-9-11-30-12-10-19)18-7-5-17(6-8-18)23(35)33-13-15-34(16-14-33)24(36)31-21-4-2-3-20(22(21)26)25(27,28)29/h2-12H,13-16H2,1H3,(H,31,36). The Hall–Kier alpha value is -4.15. The van der Waals surface area contributed by atoms with Crippen molar-refractivity contribution < 1.29 is 27.2 Å². The van der Waals surface area contributed by atoms with Gasteiger partial charge in [-0.2, -0.15) is 13.2 Å². The van der Waals surface area contributed by atoms with Crippen molar-refractivity contribution in [2.75, 3.05) is 43.4 Å². The van der Waals surface area contributed by atoms with Gasteiger partial charge in [0.15, 0.2) is 5.82 Å². The minimum Gasteiger partial charge on any atom is -0.345 e. The molecule has 0 saturated carbocycles. The van der Waals surface area contributed by atoms with Crippen LogP contribution in [0.5, 0.6) is 0 Å². The third-order valence-electron chi connectivity index (χ3n) is 5.95. The van der Waals surface area contributed by atoms with Gasteiger partial charge in [-0.3, -0.25) is 9.78 Å². The first-order valence-electron chi connectivity index (χ1n) is 11.1. The molecule has 1 aliphatic rings. The van der Waals surface area contributed by atoms with E-state index in [0.717, 1.165) is 23.5 Å². The molecule has 0 spiro atoms. The van der Waals surface area contributed by atoms with Gasteiger partial charge in [0.2, 0.25) is 0 Å². The number of rotatable bonds is 4. The first-order chi connectivity index (χ1) is 17.1. The maximum atomic E-state index is 14.2. The van der Waals surface area contributed by atoms with Crippen LogP contribution in [0.15, 0.2) is 67.0 Å². The molecule has 188 valence electrons. The number of carbonyl (C=O) groups excluding carboxylic acids is 2. The lowest BCUT2D eigenvalue weighted by atomic mass is 10.1. The second-order valence-corrected chi connectivity index (χ2v) is 8.19. The van der Waals surface area contributed by atoms with Crippen molar-refractivity contribution in [1.82, 2.24) is 14.8 Å². The topological polar surface area (TPSA) is 68.8 Å². The van der Waals surface area contributed by atoms with Crippen LogP contribution in [-0.4, -0.2) is 59.9 Å². The van der Waals surface area contributed by atoms with E-state index >= 15 is 0 Å². The van der Waals surface area contributed by atoms with E-state index in [2.05, 4.69) is 10.3 Å².